The molecule has 2 aromatic carbocycles. The first-order chi connectivity index (χ1) is 11.2. The fraction of sp³-hybridized carbons (Fsp3) is 0.333. The molecule has 0 aliphatic carbocycles. The summed E-state index contributed by atoms with van der Waals surface area (Å²) in [5, 5.41) is 3.66. The second kappa shape index (κ2) is 9.84. The van der Waals surface area contributed by atoms with Crippen LogP contribution < -0.4 is 5.32 Å². The molecular formula is C21H26N2. The fourth-order valence-corrected chi connectivity index (χ4v) is 2.38. The van der Waals surface area contributed by atoms with Crippen LogP contribution in [0.2, 0.25) is 0 Å². The van der Waals surface area contributed by atoms with Crippen LogP contribution in [0.4, 0.5) is 0 Å². The topological polar surface area (TPSA) is 15.3 Å². The lowest BCUT2D eigenvalue weighted by molar-refractivity contribution is 0.463. The maximum Gasteiger partial charge on any atom is 0.0596 e. The zero-order chi connectivity index (χ0) is 16.3. The van der Waals surface area contributed by atoms with Gasteiger partial charge >= 0.3 is 0 Å². The van der Waals surface area contributed by atoms with E-state index in [4.69, 9.17) is 0 Å². The minimum Gasteiger partial charge on any atom is -0.309 e. The van der Waals surface area contributed by atoms with Crippen LogP contribution in [-0.2, 0) is 13.0 Å². The summed E-state index contributed by atoms with van der Waals surface area (Å²) in [5.74, 6) is 6.55. The van der Waals surface area contributed by atoms with E-state index in [2.05, 4.69) is 82.7 Å². The molecule has 0 amide bonds. The van der Waals surface area contributed by atoms with Crippen molar-refractivity contribution in [1.29, 1.82) is 0 Å². The quantitative estimate of drug-likeness (QED) is 0.789. The molecule has 2 heteroatoms. The first kappa shape index (κ1) is 17.3. The molecule has 23 heavy (non-hydrogen) atoms. The summed E-state index contributed by atoms with van der Waals surface area (Å²) in [5.41, 5.74) is 2.67. The van der Waals surface area contributed by atoms with Crippen molar-refractivity contribution in [3.63, 3.8) is 0 Å². The molecule has 0 aromatic heterocycles. The average molecular weight is 306 g/mol. The van der Waals surface area contributed by atoms with Crippen molar-refractivity contribution in [2.45, 2.75) is 25.4 Å². The number of hydrogen-bond acceptors (Lipinski definition) is 2. The molecule has 0 spiro atoms. The summed E-state index contributed by atoms with van der Waals surface area (Å²) in [7, 11) is 4.09. The highest BCUT2D eigenvalue weighted by Gasteiger charge is 2.08. The molecule has 2 nitrogen and oxygen atoms in total. The van der Waals surface area contributed by atoms with Gasteiger partial charge in [-0.15, -0.1) is 5.92 Å². The molecule has 2 rings (SSSR count). The molecule has 1 atom stereocenters. The molecule has 0 saturated heterocycles. The third-order valence-electron chi connectivity index (χ3n) is 3.63. The zero-order valence-electron chi connectivity index (χ0n) is 14.1. The lowest BCUT2D eigenvalue weighted by atomic mass is 10.0. The summed E-state index contributed by atoms with van der Waals surface area (Å²) in [4.78, 5) is 2.09. The number of nitrogens with one attached hydrogen (secondary N) is 1. The second-order valence-corrected chi connectivity index (χ2v) is 6.05. The van der Waals surface area contributed by atoms with Gasteiger partial charge in [0.1, 0.15) is 0 Å². The Morgan fingerprint density at radius 1 is 0.870 bits per heavy atom. The van der Waals surface area contributed by atoms with E-state index < -0.39 is 0 Å². The van der Waals surface area contributed by atoms with Gasteiger partial charge < -0.3 is 5.32 Å². The van der Waals surface area contributed by atoms with Gasteiger partial charge in [-0.25, -0.2) is 0 Å². The van der Waals surface area contributed by atoms with Crippen molar-refractivity contribution in [3.05, 3.63) is 71.8 Å². The Morgan fingerprint density at radius 2 is 1.48 bits per heavy atom. The molecule has 0 heterocycles. The van der Waals surface area contributed by atoms with Crippen molar-refractivity contribution in [1.82, 2.24) is 10.2 Å². The monoisotopic (exact) mass is 306 g/mol. The molecule has 120 valence electrons. The minimum atomic E-state index is 0.368. The molecule has 0 radical (unpaired) electrons. The van der Waals surface area contributed by atoms with Crippen LogP contribution in [0.3, 0.4) is 0 Å². The summed E-state index contributed by atoms with van der Waals surface area (Å²) in [6.07, 6.45) is 1.87. The predicted octanol–water partition coefficient (Wildman–Crippen LogP) is 3.34. The Morgan fingerprint density at radius 3 is 2.09 bits per heavy atom. The zero-order valence-corrected chi connectivity index (χ0v) is 14.1. The molecule has 0 bridgehead atoms. The normalized spacial score (nSPS) is 11.8. The van der Waals surface area contributed by atoms with Crippen molar-refractivity contribution in [3.8, 4) is 11.8 Å². The molecule has 1 N–H and O–H groups in total. The van der Waals surface area contributed by atoms with Crippen molar-refractivity contribution in [2.75, 3.05) is 20.6 Å². The third kappa shape index (κ3) is 7.15. The van der Waals surface area contributed by atoms with Crippen LogP contribution in [0.15, 0.2) is 60.7 Å². The van der Waals surface area contributed by atoms with Crippen molar-refractivity contribution in [2.24, 2.45) is 0 Å². The Balaban J connectivity index is 1.93. The molecule has 0 saturated carbocycles. The van der Waals surface area contributed by atoms with E-state index in [1.54, 1.807) is 0 Å². The molecule has 0 aliphatic heterocycles. The number of rotatable bonds is 7. The van der Waals surface area contributed by atoms with E-state index in [1.165, 1.54) is 11.1 Å². The fourth-order valence-electron chi connectivity index (χ4n) is 2.38. The summed E-state index contributed by atoms with van der Waals surface area (Å²) < 4.78 is 0. The van der Waals surface area contributed by atoms with E-state index in [0.29, 0.717) is 6.04 Å². The molecular weight excluding hydrogens is 280 g/mol. The van der Waals surface area contributed by atoms with Gasteiger partial charge in [-0.05, 0) is 31.6 Å². The largest absolute Gasteiger partial charge is 0.309 e. The van der Waals surface area contributed by atoms with E-state index in [1.807, 2.05) is 14.1 Å². The number of nitrogens with zero attached hydrogens (tertiary/aromatic N) is 1. The summed E-state index contributed by atoms with van der Waals surface area (Å²) in [6, 6.07) is 21.5. The van der Waals surface area contributed by atoms with Gasteiger partial charge in [0.2, 0.25) is 0 Å². The SMILES string of the molecule is CN(C)CC#CC[C@H](Cc1ccccc1)NCc1ccccc1. The summed E-state index contributed by atoms with van der Waals surface area (Å²) in [6.45, 7) is 1.70. The van der Waals surface area contributed by atoms with Crippen LogP contribution in [0.5, 0.6) is 0 Å². The highest BCUT2D eigenvalue weighted by Crippen LogP contribution is 2.07. The summed E-state index contributed by atoms with van der Waals surface area (Å²) >= 11 is 0. The number of benzene rings is 2. The van der Waals surface area contributed by atoms with Gasteiger partial charge in [0.25, 0.3) is 0 Å². The minimum absolute atomic E-state index is 0.368. The van der Waals surface area contributed by atoms with Crippen molar-refractivity contribution < 1.29 is 0 Å². The van der Waals surface area contributed by atoms with Gasteiger partial charge in [0, 0.05) is 19.0 Å². The predicted molar refractivity (Wildman–Crippen MR) is 98.2 cm³/mol. The van der Waals surface area contributed by atoms with Crippen LogP contribution in [0.25, 0.3) is 0 Å². The maximum absolute atomic E-state index is 3.66. The maximum atomic E-state index is 3.66. The van der Waals surface area contributed by atoms with Crippen LogP contribution in [0.1, 0.15) is 17.5 Å². The van der Waals surface area contributed by atoms with E-state index in [9.17, 15) is 0 Å². The van der Waals surface area contributed by atoms with Gasteiger partial charge in [0.15, 0.2) is 0 Å². The van der Waals surface area contributed by atoms with Crippen LogP contribution in [-0.4, -0.2) is 31.6 Å². The van der Waals surface area contributed by atoms with Gasteiger partial charge in [0.05, 0.1) is 6.54 Å². The Bertz CT molecular complexity index is 609. The molecule has 2 aromatic rings. The lowest BCUT2D eigenvalue weighted by Crippen LogP contribution is -2.30. The Labute approximate surface area is 140 Å². The van der Waals surface area contributed by atoms with Gasteiger partial charge in [-0.1, -0.05) is 66.6 Å². The Kier molecular flexibility index (Phi) is 7.39. The standard InChI is InChI=1S/C21H26N2/c1-23(2)16-10-9-15-21(17-19-11-5-3-6-12-19)22-18-20-13-7-4-8-14-20/h3-8,11-14,21-22H,15-18H2,1-2H3/t21-/m1/s1. The first-order valence-corrected chi connectivity index (χ1v) is 8.15. The highest BCUT2D eigenvalue weighted by atomic mass is 15.0. The third-order valence-corrected chi connectivity index (χ3v) is 3.63. The molecule has 0 fully saturated rings. The highest BCUT2D eigenvalue weighted by molar-refractivity contribution is 5.18. The molecule has 0 aliphatic rings. The number of hydrogen-bond donors (Lipinski definition) is 1. The smallest absolute Gasteiger partial charge is 0.0596 e. The van der Waals surface area contributed by atoms with Gasteiger partial charge in [-0.3, -0.25) is 4.90 Å². The van der Waals surface area contributed by atoms with E-state index >= 15 is 0 Å². The Hall–Kier alpha value is -2.08. The van der Waals surface area contributed by atoms with Crippen LogP contribution in [0, 0.1) is 11.8 Å². The van der Waals surface area contributed by atoms with Crippen molar-refractivity contribution >= 4 is 0 Å². The van der Waals surface area contributed by atoms with Gasteiger partial charge in [-0.2, -0.15) is 0 Å². The lowest BCUT2D eigenvalue weighted by Gasteiger charge is -2.17. The average Bonchev–Trinajstić information content (AvgIpc) is 2.58. The van der Waals surface area contributed by atoms with Crippen LogP contribution >= 0.6 is 0 Å². The van der Waals surface area contributed by atoms with E-state index in [0.717, 1.165) is 25.9 Å². The molecule has 0 unspecified atom stereocenters. The second-order valence-electron chi connectivity index (χ2n) is 6.05. The first-order valence-electron chi connectivity index (χ1n) is 8.15. The van der Waals surface area contributed by atoms with E-state index in [-0.39, 0.29) is 0 Å².